The third-order valence-electron chi connectivity index (χ3n) is 3.80. The lowest BCUT2D eigenvalue weighted by Gasteiger charge is -2.15. The van der Waals surface area contributed by atoms with Gasteiger partial charge in [-0.05, 0) is 36.4 Å². The van der Waals surface area contributed by atoms with Crippen LogP contribution in [0.25, 0.3) is 21.7 Å². The van der Waals surface area contributed by atoms with E-state index in [0.717, 1.165) is 20.8 Å². The Balaban J connectivity index is 1.49. The monoisotopic (exact) mass is 350 g/mol. The average Bonchev–Trinajstić information content (AvgIpc) is 3.30. The van der Waals surface area contributed by atoms with Gasteiger partial charge in [0.15, 0.2) is 0 Å². The zero-order valence-corrected chi connectivity index (χ0v) is 14.2. The predicted molar refractivity (Wildman–Crippen MR) is 95.2 cm³/mol. The number of hydrogen-bond acceptors (Lipinski definition) is 6. The Morgan fingerprint density at radius 1 is 1.16 bits per heavy atom. The highest BCUT2D eigenvalue weighted by Gasteiger charge is 2.15. The van der Waals surface area contributed by atoms with Gasteiger partial charge >= 0.3 is 0 Å². The van der Waals surface area contributed by atoms with Crippen LogP contribution in [0, 0.1) is 0 Å². The van der Waals surface area contributed by atoms with Gasteiger partial charge in [0.1, 0.15) is 5.01 Å². The largest absolute Gasteiger partial charge is 0.423 e. The summed E-state index contributed by atoms with van der Waals surface area (Å²) >= 11 is 1.61. The van der Waals surface area contributed by atoms with Gasteiger partial charge < -0.3 is 9.32 Å². The van der Waals surface area contributed by atoms with Crippen molar-refractivity contribution in [2.75, 3.05) is 7.05 Å². The van der Waals surface area contributed by atoms with Crippen LogP contribution in [0.15, 0.2) is 59.3 Å². The molecule has 0 spiro atoms. The molecule has 0 aliphatic heterocycles. The molecule has 0 atom stereocenters. The molecule has 0 N–H and O–H groups in total. The molecule has 1 amide bonds. The average molecular weight is 350 g/mol. The molecule has 0 aliphatic carbocycles. The predicted octanol–water partition coefficient (Wildman–Crippen LogP) is 3.62. The van der Waals surface area contributed by atoms with Crippen molar-refractivity contribution in [3.63, 3.8) is 0 Å². The standard InChI is InChI=1S/C18H14N4O2S/c1-22(10-16-20-14-4-2-3-5-15(14)25-16)18(23)13-8-6-12(7-9-13)17-21-19-11-24-17/h2-9,11H,10H2,1H3. The lowest BCUT2D eigenvalue weighted by molar-refractivity contribution is 0.0785. The SMILES string of the molecule is CN(Cc1nc2ccccc2s1)C(=O)c1ccc(-c2nnco2)cc1. The van der Waals surface area contributed by atoms with Crippen LogP contribution in [0.4, 0.5) is 0 Å². The lowest BCUT2D eigenvalue weighted by Crippen LogP contribution is -2.26. The number of carbonyl (C=O) groups is 1. The van der Waals surface area contributed by atoms with E-state index in [9.17, 15) is 4.79 Å². The van der Waals surface area contributed by atoms with E-state index in [4.69, 9.17) is 4.42 Å². The van der Waals surface area contributed by atoms with Crippen LogP contribution in [0.2, 0.25) is 0 Å². The highest BCUT2D eigenvalue weighted by atomic mass is 32.1. The van der Waals surface area contributed by atoms with E-state index < -0.39 is 0 Å². The molecule has 124 valence electrons. The zero-order chi connectivity index (χ0) is 17.2. The molecule has 0 unspecified atom stereocenters. The molecule has 0 bridgehead atoms. The van der Waals surface area contributed by atoms with Crippen LogP contribution >= 0.6 is 11.3 Å². The summed E-state index contributed by atoms with van der Waals surface area (Å²) in [5.41, 5.74) is 2.35. The van der Waals surface area contributed by atoms with Crippen molar-refractivity contribution in [1.82, 2.24) is 20.1 Å². The number of hydrogen-bond donors (Lipinski definition) is 0. The Kier molecular flexibility index (Phi) is 3.99. The fourth-order valence-corrected chi connectivity index (χ4v) is 3.56. The second-order valence-electron chi connectivity index (χ2n) is 5.56. The summed E-state index contributed by atoms with van der Waals surface area (Å²) in [6.07, 6.45) is 1.28. The summed E-state index contributed by atoms with van der Waals surface area (Å²) in [6, 6.07) is 15.1. The van der Waals surface area contributed by atoms with Gasteiger partial charge in [0.25, 0.3) is 5.91 Å². The van der Waals surface area contributed by atoms with Gasteiger partial charge in [0.2, 0.25) is 12.3 Å². The van der Waals surface area contributed by atoms with Gasteiger partial charge in [0.05, 0.1) is 16.8 Å². The summed E-state index contributed by atoms with van der Waals surface area (Å²) in [7, 11) is 1.78. The van der Waals surface area contributed by atoms with Gasteiger partial charge in [-0.3, -0.25) is 4.79 Å². The second-order valence-corrected chi connectivity index (χ2v) is 6.67. The van der Waals surface area contributed by atoms with Crippen molar-refractivity contribution < 1.29 is 9.21 Å². The lowest BCUT2D eigenvalue weighted by atomic mass is 10.1. The number of para-hydroxylation sites is 1. The van der Waals surface area contributed by atoms with E-state index in [1.54, 1.807) is 47.5 Å². The minimum atomic E-state index is -0.0589. The first-order valence-corrected chi connectivity index (χ1v) is 8.49. The van der Waals surface area contributed by atoms with E-state index in [-0.39, 0.29) is 5.91 Å². The maximum atomic E-state index is 12.6. The Labute approximate surface area is 147 Å². The Morgan fingerprint density at radius 2 is 1.96 bits per heavy atom. The van der Waals surface area contributed by atoms with Crippen molar-refractivity contribution in [3.8, 4) is 11.5 Å². The maximum absolute atomic E-state index is 12.6. The van der Waals surface area contributed by atoms with E-state index >= 15 is 0 Å². The van der Waals surface area contributed by atoms with Gasteiger partial charge in [-0.2, -0.15) is 0 Å². The number of thiazole rings is 1. The molecule has 4 rings (SSSR count). The highest BCUT2D eigenvalue weighted by Crippen LogP contribution is 2.23. The Morgan fingerprint density at radius 3 is 2.68 bits per heavy atom. The molecule has 0 aliphatic rings. The third-order valence-corrected chi connectivity index (χ3v) is 4.82. The van der Waals surface area contributed by atoms with Crippen LogP contribution in [0.5, 0.6) is 0 Å². The molecule has 6 nitrogen and oxygen atoms in total. The molecule has 2 aromatic heterocycles. The molecule has 4 aromatic rings. The number of nitrogens with zero attached hydrogens (tertiary/aromatic N) is 4. The summed E-state index contributed by atoms with van der Waals surface area (Å²) < 4.78 is 6.28. The molecule has 0 fully saturated rings. The van der Waals surface area contributed by atoms with E-state index in [0.29, 0.717) is 18.0 Å². The van der Waals surface area contributed by atoms with Crippen LogP contribution in [-0.2, 0) is 6.54 Å². The fourth-order valence-electron chi connectivity index (χ4n) is 2.54. The number of amides is 1. The first-order chi connectivity index (χ1) is 12.2. The van der Waals surface area contributed by atoms with Crippen molar-refractivity contribution in [1.29, 1.82) is 0 Å². The van der Waals surface area contributed by atoms with Crippen LogP contribution < -0.4 is 0 Å². The quantitative estimate of drug-likeness (QED) is 0.562. The molecule has 2 aromatic carbocycles. The molecule has 2 heterocycles. The van der Waals surface area contributed by atoms with Gasteiger partial charge in [-0.15, -0.1) is 21.5 Å². The molecule has 0 saturated carbocycles. The first kappa shape index (κ1) is 15.5. The van der Waals surface area contributed by atoms with Crippen LogP contribution in [0.1, 0.15) is 15.4 Å². The highest BCUT2D eigenvalue weighted by molar-refractivity contribution is 7.18. The Hall–Kier alpha value is -3.06. The van der Waals surface area contributed by atoms with Gasteiger partial charge in [0, 0.05) is 18.2 Å². The van der Waals surface area contributed by atoms with Crippen molar-refractivity contribution in [3.05, 3.63) is 65.5 Å². The van der Waals surface area contributed by atoms with Gasteiger partial charge in [-0.25, -0.2) is 4.98 Å². The Bertz CT molecular complexity index is 976. The van der Waals surface area contributed by atoms with Gasteiger partial charge in [-0.1, -0.05) is 12.1 Å². The topological polar surface area (TPSA) is 72.1 Å². The van der Waals surface area contributed by atoms with Crippen molar-refractivity contribution in [2.24, 2.45) is 0 Å². The van der Waals surface area contributed by atoms with Crippen LogP contribution in [0.3, 0.4) is 0 Å². The number of rotatable bonds is 4. The number of benzene rings is 2. The maximum Gasteiger partial charge on any atom is 0.253 e. The molecule has 0 saturated heterocycles. The molecule has 0 radical (unpaired) electrons. The van der Waals surface area contributed by atoms with Crippen LogP contribution in [-0.4, -0.2) is 33.0 Å². The van der Waals surface area contributed by atoms with Crippen molar-refractivity contribution in [2.45, 2.75) is 6.54 Å². The fraction of sp³-hybridized carbons (Fsp3) is 0.111. The first-order valence-electron chi connectivity index (χ1n) is 7.67. The molecule has 7 heteroatoms. The molecular formula is C18H14N4O2S. The van der Waals surface area contributed by atoms with E-state index in [2.05, 4.69) is 15.2 Å². The molecular weight excluding hydrogens is 336 g/mol. The van der Waals surface area contributed by atoms with E-state index in [1.807, 2.05) is 24.3 Å². The van der Waals surface area contributed by atoms with E-state index in [1.165, 1.54) is 6.39 Å². The number of aromatic nitrogens is 3. The summed E-state index contributed by atoms with van der Waals surface area (Å²) in [4.78, 5) is 18.9. The zero-order valence-electron chi connectivity index (χ0n) is 13.4. The minimum absolute atomic E-state index is 0.0589. The van der Waals surface area contributed by atoms with Crippen molar-refractivity contribution >= 4 is 27.5 Å². The molecule has 25 heavy (non-hydrogen) atoms. The second kappa shape index (κ2) is 6.45. The normalized spacial score (nSPS) is 10.9. The summed E-state index contributed by atoms with van der Waals surface area (Å²) in [6.45, 7) is 0.476. The number of fused-ring (bicyclic) bond motifs is 1. The third kappa shape index (κ3) is 3.14. The number of carbonyl (C=O) groups excluding carboxylic acids is 1. The minimum Gasteiger partial charge on any atom is -0.423 e. The smallest absolute Gasteiger partial charge is 0.253 e. The summed E-state index contributed by atoms with van der Waals surface area (Å²) in [5.74, 6) is 0.373. The summed E-state index contributed by atoms with van der Waals surface area (Å²) in [5, 5.41) is 8.42.